The first kappa shape index (κ1) is 36.1. The lowest BCUT2D eigenvalue weighted by Gasteiger charge is -2.41. The quantitative estimate of drug-likeness (QED) is 0.215. The van der Waals surface area contributed by atoms with E-state index < -0.39 is 0 Å². The predicted octanol–water partition coefficient (Wildman–Crippen LogP) is 5.38. The summed E-state index contributed by atoms with van der Waals surface area (Å²) in [6, 6.07) is 10.5. The molecule has 4 aromatic rings. The van der Waals surface area contributed by atoms with Gasteiger partial charge in [0.05, 0.1) is 31.6 Å². The number of carbonyl (C=O) groups is 1. The molecule has 1 aromatic carbocycles. The fourth-order valence-corrected chi connectivity index (χ4v) is 9.22. The summed E-state index contributed by atoms with van der Waals surface area (Å²) in [5, 5.41) is 3.27. The van der Waals surface area contributed by atoms with Crippen molar-refractivity contribution in [3.05, 3.63) is 81.2 Å². The zero-order chi connectivity index (χ0) is 37.8. The predicted molar refractivity (Wildman–Crippen MR) is 211 cm³/mol. The van der Waals surface area contributed by atoms with Crippen molar-refractivity contribution in [2.24, 2.45) is 12.5 Å². The average molecular weight is 749 g/mol. The maximum Gasteiger partial charge on any atom is 0.293 e. The third kappa shape index (κ3) is 6.96. The van der Waals surface area contributed by atoms with E-state index in [1.54, 1.807) is 24.3 Å². The largest absolute Gasteiger partial charge is 0.398 e. The number of aryl methyl sites for hydroxylation is 1. The Bertz CT molecular complexity index is 2160. The number of amides is 1. The Hall–Kier alpha value is -4.56. The summed E-state index contributed by atoms with van der Waals surface area (Å²) in [4.78, 5) is 41.8. The lowest BCUT2D eigenvalue weighted by atomic mass is 9.87. The van der Waals surface area contributed by atoms with Gasteiger partial charge in [-0.25, -0.2) is 9.97 Å². The smallest absolute Gasteiger partial charge is 0.293 e. The number of hydrogen-bond acceptors (Lipinski definition) is 10. The van der Waals surface area contributed by atoms with E-state index in [0.717, 1.165) is 87.9 Å². The van der Waals surface area contributed by atoms with E-state index in [1.807, 2.05) is 18.2 Å². The number of aromatic nitrogens is 4. The minimum Gasteiger partial charge on any atom is -0.398 e. The van der Waals surface area contributed by atoms with Gasteiger partial charge in [0.25, 0.3) is 11.5 Å². The van der Waals surface area contributed by atoms with Gasteiger partial charge in [0.15, 0.2) is 12.1 Å². The second-order valence-corrected chi connectivity index (χ2v) is 16.8. The minimum absolute atomic E-state index is 0.0754. The van der Waals surface area contributed by atoms with Crippen LogP contribution in [0.5, 0.6) is 0 Å². The SMILES string of the molecule is Cn1cc(-c2ccnc(N3CCn4c(cc5c4CC(C)(C)C5)C3=O)c2COC2CCCCO2)nc(Nc2ccc(C3CCN(C4COC4)CC3)c(N)c2)c1=O. The molecule has 4 aliphatic heterocycles. The van der Waals surface area contributed by atoms with Gasteiger partial charge >= 0.3 is 0 Å². The Morgan fingerprint density at radius 2 is 1.85 bits per heavy atom. The summed E-state index contributed by atoms with van der Waals surface area (Å²) in [7, 11) is 1.72. The van der Waals surface area contributed by atoms with Gasteiger partial charge in [-0.3, -0.25) is 19.4 Å². The van der Waals surface area contributed by atoms with E-state index in [1.165, 1.54) is 15.8 Å². The number of piperidine rings is 1. The zero-order valence-electron chi connectivity index (χ0n) is 32.2. The molecule has 9 rings (SSSR count). The van der Waals surface area contributed by atoms with Gasteiger partial charge in [0.2, 0.25) is 0 Å². The topological polar surface area (TPSA) is 142 Å². The van der Waals surface area contributed by atoms with Crippen LogP contribution in [-0.2, 0) is 47.3 Å². The molecule has 5 aliphatic rings. The molecule has 0 saturated carbocycles. The summed E-state index contributed by atoms with van der Waals surface area (Å²) >= 11 is 0. The molecule has 0 spiro atoms. The summed E-state index contributed by atoms with van der Waals surface area (Å²) in [6.07, 6.45) is 9.96. The van der Waals surface area contributed by atoms with E-state index in [0.29, 0.717) is 60.2 Å². The van der Waals surface area contributed by atoms with Gasteiger partial charge < -0.3 is 34.4 Å². The van der Waals surface area contributed by atoms with Gasteiger partial charge in [-0.2, -0.15) is 0 Å². The molecule has 1 aliphatic carbocycles. The molecule has 55 heavy (non-hydrogen) atoms. The number of nitrogens with one attached hydrogen (secondary N) is 1. The Kier molecular flexibility index (Phi) is 9.52. The number of fused-ring (bicyclic) bond motifs is 3. The summed E-state index contributed by atoms with van der Waals surface area (Å²) in [5.41, 5.74) is 14.4. The molecule has 3 fully saturated rings. The van der Waals surface area contributed by atoms with Crippen LogP contribution in [0.3, 0.4) is 0 Å². The van der Waals surface area contributed by atoms with Gasteiger partial charge in [0, 0.05) is 67.3 Å². The highest BCUT2D eigenvalue weighted by atomic mass is 16.7. The van der Waals surface area contributed by atoms with Crippen LogP contribution in [0, 0.1) is 5.41 Å². The lowest BCUT2D eigenvalue weighted by molar-refractivity contribution is -0.168. The molecule has 290 valence electrons. The number of rotatable bonds is 9. The third-order valence-electron chi connectivity index (χ3n) is 12.3. The van der Waals surface area contributed by atoms with E-state index in [9.17, 15) is 9.59 Å². The molecule has 0 radical (unpaired) electrons. The number of benzene rings is 1. The fourth-order valence-electron chi connectivity index (χ4n) is 9.22. The molecule has 13 nitrogen and oxygen atoms in total. The second kappa shape index (κ2) is 14.5. The third-order valence-corrected chi connectivity index (χ3v) is 12.3. The van der Waals surface area contributed by atoms with Crippen LogP contribution in [0.25, 0.3) is 11.3 Å². The molecule has 3 aromatic heterocycles. The molecule has 3 N–H and O–H groups in total. The first-order chi connectivity index (χ1) is 26.6. The number of carbonyl (C=O) groups excluding carboxylic acids is 1. The van der Waals surface area contributed by atoms with Crippen molar-refractivity contribution in [1.29, 1.82) is 0 Å². The van der Waals surface area contributed by atoms with E-state index in [2.05, 4.69) is 40.8 Å². The standard InChI is InChI=1S/C42H52N8O5/c1-42(2)20-27-18-35-40(51)50(16-15-49(35)36(27)21-42)39-32(25-55-37-6-4-5-17-54-37)31(9-12-44-39)34-22-47(3)41(52)38(46-34)45-28-7-8-30(33(43)19-28)26-10-13-48(14-11-26)29-23-53-24-29/h7-9,12,18-19,22,26,29,37H,4-6,10-11,13-17,20-21,23-25,43H2,1-3H3,(H,45,46). The summed E-state index contributed by atoms with van der Waals surface area (Å²) < 4.78 is 21.5. The maximum atomic E-state index is 14.3. The van der Waals surface area contributed by atoms with Crippen molar-refractivity contribution in [3.8, 4) is 11.3 Å². The maximum absolute atomic E-state index is 14.3. The first-order valence-corrected chi connectivity index (χ1v) is 19.9. The molecule has 3 saturated heterocycles. The van der Waals surface area contributed by atoms with Crippen molar-refractivity contribution < 1.29 is 19.0 Å². The molecular formula is C42H52N8O5. The number of nitrogens with two attached hydrogens (primary N) is 1. The highest BCUT2D eigenvalue weighted by molar-refractivity contribution is 6.06. The number of pyridine rings is 1. The highest BCUT2D eigenvalue weighted by Crippen LogP contribution is 2.41. The molecule has 1 amide bonds. The average Bonchev–Trinajstić information content (AvgIpc) is 3.65. The van der Waals surface area contributed by atoms with Gasteiger partial charge in [-0.1, -0.05) is 19.9 Å². The van der Waals surface area contributed by atoms with Gasteiger partial charge in [0.1, 0.15) is 11.5 Å². The normalized spacial score (nSPS) is 21.7. The van der Waals surface area contributed by atoms with E-state index in [-0.39, 0.29) is 35.6 Å². The lowest BCUT2D eigenvalue weighted by Crippen LogP contribution is -2.51. The molecule has 0 bridgehead atoms. The molecule has 1 atom stereocenters. The minimum atomic E-state index is -0.348. The number of hydrogen-bond donors (Lipinski definition) is 2. The number of ether oxygens (including phenoxy) is 3. The molecule has 13 heteroatoms. The van der Waals surface area contributed by atoms with Crippen LogP contribution >= 0.6 is 0 Å². The Labute approximate surface area is 321 Å². The van der Waals surface area contributed by atoms with Crippen LogP contribution in [0.2, 0.25) is 0 Å². The van der Waals surface area contributed by atoms with E-state index in [4.69, 9.17) is 29.9 Å². The molecular weight excluding hydrogens is 697 g/mol. The van der Waals surface area contributed by atoms with Crippen molar-refractivity contribution >= 4 is 28.9 Å². The Morgan fingerprint density at radius 3 is 2.60 bits per heavy atom. The van der Waals surface area contributed by atoms with Gasteiger partial charge in [-0.15, -0.1) is 0 Å². The number of anilines is 4. The van der Waals surface area contributed by atoms with Crippen molar-refractivity contribution in [2.75, 3.05) is 55.4 Å². The second-order valence-electron chi connectivity index (χ2n) is 16.8. The first-order valence-electron chi connectivity index (χ1n) is 19.9. The summed E-state index contributed by atoms with van der Waals surface area (Å²) in [5.74, 6) is 1.03. The van der Waals surface area contributed by atoms with Crippen LogP contribution in [-0.4, -0.2) is 81.7 Å². The monoisotopic (exact) mass is 748 g/mol. The summed E-state index contributed by atoms with van der Waals surface area (Å²) in [6.45, 7) is 10.3. The fraction of sp³-hybridized carbons (Fsp3) is 0.524. The number of likely N-dealkylation sites (tertiary alicyclic amines) is 1. The van der Waals surface area contributed by atoms with Crippen LogP contribution in [0.15, 0.2) is 47.5 Å². The zero-order valence-corrected chi connectivity index (χ0v) is 32.2. The number of nitrogens with zero attached hydrogens (tertiary/aromatic N) is 6. The number of nitrogen functional groups attached to an aromatic ring is 1. The molecule has 1 unspecified atom stereocenters. The Morgan fingerprint density at radius 1 is 1.02 bits per heavy atom. The van der Waals surface area contributed by atoms with Gasteiger partial charge in [-0.05, 0) is 105 Å². The van der Waals surface area contributed by atoms with Crippen molar-refractivity contribution in [2.45, 2.75) is 90.2 Å². The molecule has 7 heterocycles. The van der Waals surface area contributed by atoms with Crippen molar-refractivity contribution in [3.63, 3.8) is 0 Å². The van der Waals surface area contributed by atoms with E-state index >= 15 is 0 Å². The van der Waals surface area contributed by atoms with Crippen LogP contribution in [0.4, 0.5) is 23.0 Å². The Balaban J connectivity index is 1.01. The van der Waals surface area contributed by atoms with Crippen LogP contribution < -0.4 is 21.5 Å². The van der Waals surface area contributed by atoms with Crippen LogP contribution in [0.1, 0.15) is 84.7 Å². The van der Waals surface area contributed by atoms with Crippen molar-refractivity contribution in [1.82, 2.24) is 24.0 Å². The highest BCUT2D eigenvalue weighted by Gasteiger charge is 2.38.